The van der Waals surface area contributed by atoms with Crippen molar-refractivity contribution in [1.82, 2.24) is 0 Å². The lowest BCUT2D eigenvalue weighted by Gasteiger charge is -2.28. The molecule has 1 aromatic rings. The molecule has 1 aliphatic carbocycles. The summed E-state index contributed by atoms with van der Waals surface area (Å²) >= 11 is 0. The van der Waals surface area contributed by atoms with Gasteiger partial charge in [0.2, 0.25) is 5.91 Å². The maximum absolute atomic E-state index is 13.8. The van der Waals surface area contributed by atoms with Crippen LogP contribution in [0.25, 0.3) is 0 Å². The average molecular weight is 265 g/mol. The number of benzene rings is 1. The van der Waals surface area contributed by atoms with E-state index in [1.807, 2.05) is 0 Å². The fourth-order valence-corrected chi connectivity index (χ4v) is 2.50. The van der Waals surface area contributed by atoms with Crippen molar-refractivity contribution in [3.63, 3.8) is 0 Å². The van der Waals surface area contributed by atoms with Crippen molar-refractivity contribution in [2.45, 2.75) is 44.7 Å². The first-order valence-corrected chi connectivity index (χ1v) is 6.64. The van der Waals surface area contributed by atoms with Crippen LogP contribution < -0.4 is 16.4 Å². The Bertz CT molecular complexity index is 464. The SMILES string of the molecule is CC(=O)Nc1ccc(F)c(NC2CCCC(N)C2)c1. The minimum absolute atomic E-state index is 0.169. The Morgan fingerprint density at radius 2 is 2.21 bits per heavy atom. The van der Waals surface area contributed by atoms with Crippen LogP contribution in [0.3, 0.4) is 0 Å². The van der Waals surface area contributed by atoms with Gasteiger partial charge in [-0.3, -0.25) is 4.79 Å². The Kier molecular flexibility index (Phi) is 4.37. The molecular weight excluding hydrogens is 245 g/mol. The van der Waals surface area contributed by atoms with E-state index < -0.39 is 0 Å². The van der Waals surface area contributed by atoms with Crippen LogP contribution in [0.1, 0.15) is 32.6 Å². The number of rotatable bonds is 3. The van der Waals surface area contributed by atoms with Gasteiger partial charge in [-0.2, -0.15) is 0 Å². The third-order valence-corrected chi connectivity index (χ3v) is 3.36. The standard InChI is InChI=1S/C14H20FN3O/c1-9(19)17-12-5-6-13(15)14(8-12)18-11-4-2-3-10(16)7-11/h5-6,8,10-11,18H,2-4,7,16H2,1H3,(H,17,19). The maximum atomic E-state index is 13.8. The van der Waals surface area contributed by atoms with Crippen molar-refractivity contribution < 1.29 is 9.18 Å². The quantitative estimate of drug-likeness (QED) is 0.786. The summed E-state index contributed by atoms with van der Waals surface area (Å²) in [5, 5.41) is 5.84. The highest BCUT2D eigenvalue weighted by atomic mass is 19.1. The maximum Gasteiger partial charge on any atom is 0.221 e. The molecule has 0 saturated heterocycles. The van der Waals surface area contributed by atoms with Gasteiger partial charge >= 0.3 is 0 Å². The van der Waals surface area contributed by atoms with Gasteiger partial charge < -0.3 is 16.4 Å². The summed E-state index contributed by atoms with van der Waals surface area (Å²) in [6, 6.07) is 4.92. The largest absolute Gasteiger partial charge is 0.380 e. The average Bonchev–Trinajstić information content (AvgIpc) is 2.33. The van der Waals surface area contributed by atoms with E-state index in [1.54, 1.807) is 12.1 Å². The highest BCUT2D eigenvalue weighted by Crippen LogP contribution is 2.25. The molecule has 2 atom stereocenters. The molecule has 4 N–H and O–H groups in total. The van der Waals surface area contributed by atoms with E-state index >= 15 is 0 Å². The molecule has 0 radical (unpaired) electrons. The van der Waals surface area contributed by atoms with Crippen molar-refractivity contribution in [1.29, 1.82) is 0 Å². The van der Waals surface area contributed by atoms with Gasteiger partial charge in [-0.25, -0.2) is 4.39 Å². The van der Waals surface area contributed by atoms with Crippen molar-refractivity contribution >= 4 is 17.3 Å². The highest BCUT2D eigenvalue weighted by molar-refractivity contribution is 5.89. The zero-order chi connectivity index (χ0) is 13.8. The van der Waals surface area contributed by atoms with Gasteiger partial charge in [0, 0.05) is 24.7 Å². The van der Waals surface area contributed by atoms with Gasteiger partial charge in [-0.15, -0.1) is 0 Å². The number of amides is 1. The molecule has 0 aliphatic heterocycles. The fraction of sp³-hybridized carbons (Fsp3) is 0.500. The third kappa shape index (κ3) is 3.92. The summed E-state index contributed by atoms with van der Waals surface area (Å²) in [6.45, 7) is 1.43. The number of hydrogen-bond donors (Lipinski definition) is 3. The molecule has 0 heterocycles. The topological polar surface area (TPSA) is 67.2 Å². The van der Waals surface area contributed by atoms with E-state index in [-0.39, 0.29) is 23.8 Å². The Morgan fingerprint density at radius 3 is 2.89 bits per heavy atom. The molecule has 104 valence electrons. The number of halogens is 1. The Balaban J connectivity index is 2.07. The van der Waals surface area contributed by atoms with Crippen LogP contribution in [0.5, 0.6) is 0 Å². The van der Waals surface area contributed by atoms with Crippen LogP contribution in [0.2, 0.25) is 0 Å². The van der Waals surface area contributed by atoms with Crippen molar-refractivity contribution in [3.8, 4) is 0 Å². The molecule has 1 aliphatic rings. The van der Waals surface area contributed by atoms with E-state index in [9.17, 15) is 9.18 Å². The molecule has 1 saturated carbocycles. The molecular formula is C14H20FN3O. The normalized spacial score (nSPS) is 22.9. The molecule has 1 aromatic carbocycles. The molecule has 19 heavy (non-hydrogen) atoms. The fourth-order valence-electron chi connectivity index (χ4n) is 2.50. The molecule has 0 bridgehead atoms. The summed E-state index contributed by atoms with van der Waals surface area (Å²) in [4.78, 5) is 11.0. The minimum atomic E-state index is -0.312. The molecule has 1 amide bonds. The van der Waals surface area contributed by atoms with Crippen molar-refractivity contribution in [2.75, 3.05) is 10.6 Å². The van der Waals surface area contributed by atoms with Gasteiger partial charge in [0.05, 0.1) is 5.69 Å². The number of nitrogens with one attached hydrogen (secondary N) is 2. The molecule has 4 nitrogen and oxygen atoms in total. The Hall–Kier alpha value is -1.62. The van der Waals surface area contributed by atoms with E-state index in [0.29, 0.717) is 11.4 Å². The highest BCUT2D eigenvalue weighted by Gasteiger charge is 2.20. The molecule has 0 aromatic heterocycles. The molecule has 0 spiro atoms. The van der Waals surface area contributed by atoms with Crippen LogP contribution >= 0.6 is 0 Å². The van der Waals surface area contributed by atoms with Crippen LogP contribution in [0.4, 0.5) is 15.8 Å². The summed E-state index contributed by atoms with van der Waals surface area (Å²) in [5.41, 5.74) is 6.94. The zero-order valence-electron chi connectivity index (χ0n) is 11.1. The second-order valence-electron chi connectivity index (χ2n) is 5.14. The molecule has 5 heteroatoms. The lowest BCUT2D eigenvalue weighted by Crippen LogP contribution is -2.35. The second-order valence-corrected chi connectivity index (χ2v) is 5.14. The van der Waals surface area contributed by atoms with Crippen LogP contribution in [-0.4, -0.2) is 18.0 Å². The molecule has 1 fully saturated rings. The summed E-state index contributed by atoms with van der Waals surface area (Å²) in [7, 11) is 0. The second kappa shape index (κ2) is 6.02. The number of nitrogens with two attached hydrogens (primary N) is 1. The monoisotopic (exact) mass is 265 g/mol. The third-order valence-electron chi connectivity index (χ3n) is 3.36. The number of carbonyl (C=O) groups is 1. The minimum Gasteiger partial charge on any atom is -0.380 e. The lowest BCUT2D eigenvalue weighted by molar-refractivity contribution is -0.114. The number of carbonyl (C=O) groups excluding carboxylic acids is 1. The predicted molar refractivity (Wildman–Crippen MR) is 74.6 cm³/mol. The van der Waals surface area contributed by atoms with Crippen molar-refractivity contribution in [3.05, 3.63) is 24.0 Å². The van der Waals surface area contributed by atoms with Crippen LogP contribution in [0.15, 0.2) is 18.2 Å². The van der Waals surface area contributed by atoms with Gasteiger partial charge in [0.25, 0.3) is 0 Å². The lowest BCUT2D eigenvalue weighted by atomic mass is 9.91. The van der Waals surface area contributed by atoms with Crippen LogP contribution in [0, 0.1) is 5.82 Å². The van der Waals surface area contributed by atoms with E-state index in [4.69, 9.17) is 5.73 Å². The zero-order valence-corrected chi connectivity index (χ0v) is 11.1. The van der Waals surface area contributed by atoms with Crippen LogP contribution in [-0.2, 0) is 4.79 Å². The molecule has 2 unspecified atom stereocenters. The Morgan fingerprint density at radius 1 is 1.42 bits per heavy atom. The summed E-state index contributed by atoms with van der Waals surface area (Å²) < 4.78 is 13.8. The van der Waals surface area contributed by atoms with Gasteiger partial charge in [0.15, 0.2) is 0 Å². The van der Waals surface area contributed by atoms with E-state index in [2.05, 4.69) is 10.6 Å². The predicted octanol–water partition coefficient (Wildman–Crippen LogP) is 2.47. The number of anilines is 2. The first-order chi connectivity index (χ1) is 9.04. The van der Waals surface area contributed by atoms with E-state index in [1.165, 1.54) is 13.0 Å². The van der Waals surface area contributed by atoms with Gasteiger partial charge in [-0.1, -0.05) is 0 Å². The number of hydrogen-bond acceptors (Lipinski definition) is 3. The first kappa shape index (κ1) is 13.8. The molecule has 2 rings (SSSR count). The van der Waals surface area contributed by atoms with Gasteiger partial charge in [-0.05, 0) is 43.9 Å². The van der Waals surface area contributed by atoms with Gasteiger partial charge in [0.1, 0.15) is 5.82 Å². The first-order valence-electron chi connectivity index (χ1n) is 6.64. The Labute approximate surface area is 112 Å². The smallest absolute Gasteiger partial charge is 0.221 e. The van der Waals surface area contributed by atoms with Crippen molar-refractivity contribution in [2.24, 2.45) is 5.73 Å². The summed E-state index contributed by atoms with van der Waals surface area (Å²) in [5.74, 6) is -0.481. The van der Waals surface area contributed by atoms with E-state index in [0.717, 1.165) is 25.7 Å². The summed E-state index contributed by atoms with van der Waals surface area (Å²) in [6.07, 6.45) is 3.94.